The molecule has 0 unspecified atom stereocenters. The lowest BCUT2D eigenvalue weighted by atomic mass is 9.93. The van der Waals surface area contributed by atoms with Gasteiger partial charge in [0.05, 0.1) is 22.6 Å². The number of nitrogens with zero attached hydrogens (tertiary/aromatic N) is 3. The molecule has 8 aromatic carbocycles. The minimum Gasteiger partial charge on any atom is -0.248 e. The molecule has 3 aromatic heterocycles. The molecule has 0 aliphatic rings. The van der Waals surface area contributed by atoms with Crippen molar-refractivity contribution in [3.8, 4) is 89.5 Å². The Morgan fingerprint density at radius 1 is 0.295 bits per heavy atom. The molecule has 0 fully saturated rings. The van der Waals surface area contributed by atoms with E-state index >= 15 is 0 Å². The van der Waals surface area contributed by atoms with E-state index in [1.165, 1.54) is 11.1 Å². The van der Waals surface area contributed by atoms with Crippen molar-refractivity contribution in [3.05, 3.63) is 237 Å². The maximum Gasteiger partial charge on any atom is 0.101 e. The monoisotopic (exact) mass is 777 g/mol. The van der Waals surface area contributed by atoms with Crippen LogP contribution in [0, 0.1) is 0 Å². The van der Waals surface area contributed by atoms with Gasteiger partial charge < -0.3 is 0 Å². The minimum atomic E-state index is 0.935. The molecule has 0 radical (unpaired) electrons. The summed E-state index contributed by atoms with van der Waals surface area (Å²) in [6, 6.07) is 84.1. The van der Waals surface area contributed by atoms with Crippen LogP contribution >= 0.6 is 0 Å². The summed E-state index contributed by atoms with van der Waals surface area (Å²) in [7, 11) is 0. The van der Waals surface area contributed by atoms with Crippen molar-refractivity contribution >= 4 is 16.3 Å². The van der Waals surface area contributed by atoms with Crippen molar-refractivity contribution in [1.82, 2.24) is 14.6 Å². The summed E-state index contributed by atoms with van der Waals surface area (Å²) in [5, 5.41) is 7.75. The normalized spacial score (nSPS) is 11.3. The number of fused-ring (bicyclic) bond motifs is 3. The van der Waals surface area contributed by atoms with Gasteiger partial charge in [-0.15, -0.1) is 0 Å². The van der Waals surface area contributed by atoms with E-state index in [2.05, 4.69) is 241 Å². The highest BCUT2D eigenvalue weighted by molar-refractivity contribution is 6.09. The summed E-state index contributed by atoms with van der Waals surface area (Å²) >= 11 is 0. The van der Waals surface area contributed by atoms with E-state index in [1.54, 1.807) is 0 Å². The van der Waals surface area contributed by atoms with E-state index in [0.29, 0.717) is 0 Å². The molecule has 286 valence electrons. The highest BCUT2D eigenvalue weighted by Crippen LogP contribution is 2.42. The Hall–Kier alpha value is -8.14. The highest BCUT2D eigenvalue weighted by atomic mass is 15.2. The van der Waals surface area contributed by atoms with Gasteiger partial charge in [0, 0.05) is 33.2 Å². The van der Waals surface area contributed by atoms with Crippen LogP contribution in [0.4, 0.5) is 0 Å². The summed E-state index contributed by atoms with van der Waals surface area (Å²) in [4.78, 5) is 5.26. The number of hydrogen-bond donors (Lipinski definition) is 0. The predicted molar refractivity (Wildman–Crippen MR) is 254 cm³/mol. The molecule has 3 nitrogen and oxygen atoms in total. The van der Waals surface area contributed by atoms with Crippen LogP contribution in [0.3, 0.4) is 0 Å². The van der Waals surface area contributed by atoms with Crippen molar-refractivity contribution < 1.29 is 0 Å². The summed E-state index contributed by atoms with van der Waals surface area (Å²) in [6.45, 7) is 0. The lowest BCUT2D eigenvalue weighted by Gasteiger charge is -2.14. The van der Waals surface area contributed by atoms with Crippen molar-refractivity contribution in [2.45, 2.75) is 0 Å². The summed E-state index contributed by atoms with van der Waals surface area (Å²) in [5.41, 5.74) is 18.4. The second-order valence-corrected chi connectivity index (χ2v) is 15.4. The standard InChI is InChI=1S/C58H39N3/c1-6-18-40(19-7-1)45-28-17-31-50(35-45)54-38-51(37-53(59-54)41-20-8-2-9-21-41)47-30-16-29-46(34-47)48-32-33-49-39-55(42-22-10-3-11-23-42)61-58(52(49)36-48)56(43-24-12-4-13-25-43)57(60-61)44-26-14-5-15-27-44/h1-39H. The third-order valence-electron chi connectivity index (χ3n) is 11.6. The molecule has 0 saturated heterocycles. The first-order valence-corrected chi connectivity index (χ1v) is 20.7. The van der Waals surface area contributed by atoms with Crippen molar-refractivity contribution in [1.29, 1.82) is 0 Å². The average molecular weight is 778 g/mol. The Balaban J connectivity index is 1.09. The summed E-state index contributed by atoms with van der Waals surface area (Å²) < 4.78 is 2.17. The number of benzene rings is 8. The first kappa shape index (κ1) is 36.0. The van der Waals surface area contributed by atoms with Crippen LogP contribution in [-0.4, -0.2) is 14.6 Å². The van der Waals surface area contributed by atoms with Crippen LogP contribution in [0.5, 0.6) is 0 Å². The zero-order valence-electron chi connectivity index (χ0n) is 33.4. The van der Waals surface area contributed by atoms with E-state index in [1.807, 2.05) is 0 Å². The van der Waals surface area contributed by atoms with Crippen LogP contribution < -0.4 is 0 Å². The van der Waals surface area contributed by atoms with E-state index in [4.69, 9.17) is 10.1 Å². The van der Waals surface area contributed by atoms with Gasteiger partial charge in [-0.25, -0.2) is 9.50 Å². The fourth-order valence-corrected chi connectivity index (χ4v) is 8.58. The maximum atomic E-state index is 5.44. The predicted octanol–water partition coefficient (Wildman–Crippen LogP) is 15.2. The number of aromatic nitrogens is 3. The molecule has 11 rings (SSSR count). The third-order valence-corrected chi connectivity index (χ3v) is 11.6. The zero-order valence-corrected chi connectivity index (χ0v) is 33.4. The van der Waals surface area contributed by atoms with Gasteiger partial charge in [0.2, 0.25) is 0 Å². The smallest absolute Gasteiger partial charge is 0.101 e. The lowest BCUT2D eigenvalue weighted by molar-refractivity contribution is 0.979. The summed E-state index contributed by atoms with van der Waals surface area (Å²) in [5.74, 6) is 0. The summed E-state index contributed by atoms with van der Waals surface area (Å²) in [6.07, 6.45) is 0. The van der Waals surface area contributed by atoms with E-state index < -0.39 is 0 Å². The third kappa shape index (κ3) is 6.88. The van der Waals surface area contributed by atoms with E-state index in [9.17, 15) is 0 Å². The van der Waals surface area contributed by atoms with E-state index in [0.717, 1.165) is 94.7 Å². The van der Waals surface area contributed by atoms with Crippen molar-refractivity contribution in [2.75, 3.05) is 0 Å². The van der Waals surface area contributed by atoms with Gasteiger partial charge in [-0.2, -0.15) is 5.10 Å². The SMILES string of the molecule is c1ccc(-c2cccc(-c3cc(-c4cccc(-c5ccc6cc(-c7ccccc7)n7nc(-c8ccccc8)c(-c8ccccc8)c7c6c5)c4)cc(-c4ccccc4)n3)c2)cc1. The van der Waals surface area contributed by atoms with Crippen LogP contribution in [0.15, 0.2) is 237 Å². The Morgan fingerprint density at radius 3 is 1.39 bits per heavy atom. The number of rotatable bonds is 8. The molecular weight excluding hydrogens is 739 g/mol. The molecule has 0 atom stereocenters. The second kappa shape index (κ2) is 15.6. The molecule has 0 saturated carbocycles. The fourth-order valence-electron chi connectivity index (χ4n) is 8.58. The average Bonchev–Trinajstić information content (AvgIpc) is 3.76. The Bertz CT molecular complexity index is 3320. The molecule has 61 heavy (non-hydrogen) atoms. The first-order chi connectivity index (χ1) is 30.2. The van der Waals surface area contributed by atoms with Gasteiger partial charge in [0.25, 0.3) is 0 Å². The maximum absolute atomic E-state index is 5.44. The Morgan fingerprint density at radius 2 is 0.754 bits per heavy atom. The molecule has 3 heteroatoms. The molecule has 0 N–H and O–H groups in total. The number of pyridine rings is 2. The van der Waals surface area contributed by atoms with Gasteiger partial charge >= 0.3 is 0 Å². The topological polar surface area (TPSA) is 30.2 Å². The van der Waals surface area contributed by atoms with Crippen LogP contribution in [0.1, 0.15) is 0 Å². The van der Waals surface area contributed by atoms with Gasteiger partial charge in [0.1, 0.15) is 5.69 Å². The van der Waals surface area contributed by atoms with Gasteiger partial charge in [-0.3, -0.25) is 0 Å². The fraction of sp³-hybridized carbons (Fsp3) is 0. The van der Waals surface area contributed by atoms with Crippen LogP contribution in [0.2, 0.25) is 0 Å². The molecule has 0 aliphatic carbocycles. The molecule has 3 heterocycles. The molecule has 0 bridgehead atoms. The van der Waals surface area contributed by atoms with Gasteiger partial charge in [-0.1, -0.05) is 200 Å². The first-order valence-electron chi connectivity index (χ1n) is 20.7. The Labute approximate surface area is 355 Å². The zero-order chi connectivity index (χ0) is 40.5. The van der Waals surface area contributed by atoms with Crippen LogP contribution in [-0.2, 0) is 0 Å². The second-order valence-electron chi connectivity index (χ2n) is 15.4. The highest BCUT2D eigenvalue weighted by Gasteiger charge is 2.22. The number of hydrogen-bond acceptors (Lipinski definition) is 2. The van der Waals surface area contributed by atoms with E-state index in [-0.39, 0.29) is 0 Å². The molecule has 0 amide bonds. The van der Waals surface area contributed by atoms with Crippen LogP contribution in [0.25, 0.3) is 106 Å². The molecule has 0 aliphatic heterocycles. The lowest BCUT2D eigenvalue weighted by Crippen LogP contribution is -1.96. The Kier molecular flexibility index (Phi) is 9.18. The minimum absolute atomic E-state index is 0.935. The molecule has 11 aromatic rings. The largest absolute Gasteiger partial charge is 0.248 e. The molecular formula is C58H39N3. The van der Waals surface area contributed by atoms with Gasteiger partial charge in [-0.05, 0) is 80.7 Å². The van der Waals surface area contributed by atoms with Crippen molar-refractivity contribution in [2.24, 2.45) is 0 Å². The van der Waals surface area contributed by atoms with Crippen molar-refractivity contribution in [3.63, 3.8) is 0 Å². The molecule has 0 spiro atoms. The quantitative estimate of drug-likeness (QED) is 0.154. The van der Waals surface area contributed by atoms with Gasteiger partial charge in [0.15, 0.2) is 0 Å².